The van der Waals surface area contributed by atoms with Crippen molar-refractivity contribution in [3.63, 3.8) is 0 Å². The minimum Gasteiger partial charge on any atom is -0.319 e. The number of benzene rings is 1. The number of rotatable bonds is 3. The van der Waals surface area contributed by atoms with E-state index in [0.29, 0.717) is 0 Å². The fourth-order valence-electron chi connectivity index (χ4n) is 2.17. The van der Waals surface area contributed by atoms with Gasteiger partial charge >= 0.3 is 0 Å². The zero-order valence-corrected chi connectivity index (χ0v) is 11.6. The molecule has 0 aromatic heterocycles. The monoisotopic (exact) mass is 330 g/mol. The molecule has 1 heterocycles. The molecule has 1 aromatic rings. The van der Waals surface area contributed by atoms with E-state index in [4.69, 9.17) is 0 Å². The van der Waals surface area contributed by atoms with Gasteiger partial charge in [0.25, 0.3) is 5.91 Å². The smallest absolute Gasteiger partial charge is 0.256 e. The van der Waals surface area contributed by atoms with Crippen LogP contribution < -0.4 is 5.32 Å². The van der Waals surface area contributed by atoms with Crippen LogP contribution in [-0.4, -0.2) is 24.0 Å². The number of nitrogens with zero attached hydrogens (tertiary/aromatic N) is 1. The summed E-state index contributed by atoms with van der Waals surface area (Å²) >= 11 is 2.23. The minimum absolute atomic E-state index is 0.135. The van der Waals surface area contributed by atoms with Crippen molar-refractivity contribution >= 4 is 28.5 Å². The lowest BCUT2D eigenvalue weighted by atomic mass is 10.1. The van der Waals surface area contributed by atoms with Gasteiger partial charge in [-0.1, -0.05) is 19.1 Å². The van der Waals surface area contributed by atoms with Crippen molar-refractivity contribution in [3.05, 3.63) is 32.9 Å². The Kier molecular flexibility index (Phi) is 3.49. The van der Waals surface area contributed by atoms with Gasteiger partial charge < -0.3 is 10.2 Å². The van der Waals surface area contributed by atoms with Crippen LogP contribution in [0.15, 0.2) is 18.2 Å². The molecule has 1 amide bonds. The molecule has 0 bridgehead atoms. The molecule has 0 unspecified atom stereocenters. The van der Waals surface area contributed by atoms with Crippen molar-refractivity contribution in [2.45, 2.75) is 26.1 Å². The summed E-state index contributed by atoms with van der Waals surface area (Å²) in [6.07, 6.45) is 1.06. The zero-order valence-electron chi connectivity index (χ0n) is 9.46. The number of fused-ring (bicyclic) bond motifs is 1. The number of hydrogen-bond donors (Lipinski definition) is 1. The lowest BCUT2D eigenvalue weighted by Gasteiger charge is -2.26. The van der Waals surface area contributed by atoms with Crippen LogP contribution in [-0.2, 0) is 6.54 Å². The first kappa shape index (κ1) is 11.9. The third-order valence-corrected chi connectivity index (χ3v) is 3.91. The van der Waals surface area contributed by atoms with E-state index in [1.54, 1.807) is 0 Å². The Labute approximate surface area is 109 Å². The van der Waals surface area contributed by atoms with E-state index in [1.165, 1.54) is 0 Å². The van der Waals surface area contributed by atoms with Gasteiger partial charge in [0, 0.05) is 10.1 Å². The van der Waals surface area contributed by atoms with E-state index in [0.717, 1.165) is 27.7 Å². The lowest BCUT2D eigenvalue weighted by Crippen LogP contribution is -2.43. The first-order valence-electron chi connectivity index (χ1n) is 5.44. The molecule has 3 nitrogen and oxygen atoms in total. The number of halogens is 1. The zero-order chi connectivity index (χ0) is 11.7. The molecule has 1 N–H and O–H groups in total. The molecule has 1 aliphatic rings. The molecular weight excluding hydrogens is 315 g/mol. The number of carbonyl (C=O) groups excluding carboxylic acids is 1. The van der Waals surface area contributed by atoms with E-state index in [-0.39, 0.29) is 12.1 Å². The fourth-order valence-corrected chi connectivity index (χ4v) is 2.96. The number of nitrogens with one attached hydrogen (secondary N) is 1. The highest BCUT2D eigenvalue weighted by atomic mass is 127. The summed E-state index contributed by atoms with van der Waals surface area (Å²) in [4.78, 5) is 14.2. The van der Waals surface area contributed by atoms with Crippen LogP contribution in [0.4, 0.5) is 0 Å². The van der Waals surface area contributed by atoms with Crippen LogP contribution in [0.5, 0.6) is 0 Å². The highest BCUT2D eigenvalue weighted by molar-refractivity contribution is 14.1. The summed E-state index contributed by atoms with van der Waals surface area (Å²) in [5, 5.41) is 3.18. The maximum atomic E-state index is 12.3. The van der Waals surface area contributed by atoms with Crippen LogP contribution in [0.2, 0.25) is 0 Å². The van der Waals surface area contributed by atoms with E-state index >= 15 is 0 Å². The first-order valence-corrected chi connectivity index (χ1v) is 6.52. The Bertz CT molecular complexity index is 415. The summed E-state index contributed by atoms with van der Waals surface area (Å²) < 4.78 is 1.05. The molecule has 0 saturated carbocycles. The van der Waals surface area contributed by atoms with Crippen molar-refractivity contribution in [2.24, 2.45) is 0 Å². The largest absolute Gasteiger partial charge is 0.319 e. The average Bonchev–Trinajstić information content (AvgIpc) is 2.60. The Morgan fingerprint density at radius 2 is 2.31 bits per heavy atom. The highest BCUT2D eigenvalue weighted by Crippen LogP contribution is 2.28. The second-order valence-electron chi connectivity index (χ2n) is 3.92. The molecule has 0 aliphatic carbocycles. The number of hydrogen-bond acceptors (Lipinski definition) is 2. The maximum absolute atomic E-state index is 12.3. The molecule has 4 heteroatoms. The van der Waals surface area contributed by atoms with Gasteiger partial charge in [-0.3, -0.25) is 4.79 Å². The Balaban J connectivity index is 2.34. The molecule has 1 atom stereocenters. The van der Waals surface area contributed by atoms with Gasteiger partial charge in [-0.25, -0.2) is 0 Å². The summed E-state index contributed by atoms with van der Waals surface area (Å²) in [6.45, 7) is 2.81. The van der Waals surface area contributed by atoms with Crippen LogP contribution in [0.3, 0.4) is 0 Å². The predicted octanol–water partition coefficient (Wildman–Crippen LogP) is 2.20. The molecule has 0 saturated heterocycles. The number of amides is 1. The van der Waals surface area contributed by atoms with E-state index in [1.807, 2.05) is 30.1 Å². The topological polar surface area (TPSA) is 32.3 Å². The third kappa shape index (κ3) is 1.84. The Morgan fingerprint density at radius 3 is 2.88 bits per heavy atom. The van der Waals surface area contributed by atoms with E-state index in [2.05, 4.69) is 34.8 Å². The van der Waals surface area contributed by atoms with Gasteiger partial charge in [0.2, 0.25) is 0 Å². The SMILES string of the molecule is CC[C@H](NC)N1Cc2cccc(I)c2C1=O. The molecule has 0 fully saturated rings. The van der Waals surface area contributed by atoms with Crippen molar-refractivity contribution < 1.29 is 4.79 Å². The van der Waals surface area contributed by atoms with Crippen LogP contribution in [0.1, 0.15) is 29.3 Å². The maximum Gasteiger partial charge on any atom is 0.256 e. The molecule has 0 radical (unpaired) electrons. The summed E-state index contributed by atoms with van der Waals surface area (Å²) in [5.41, 5.74) is 2.03. The third-order valence-electron chi connectivity index (χ3n) is 3.01. The average molecular weight is 330 g/mol. The predicted molar refractivity (Wildman–Crippen MR) is 72.2 cm³/mol. The van der Waals surface area contributed by atoms with Gasteiger partial charge in [-0.05, 0) is 47.7 Å². The van der Waals surface area contributed by atoms with Gasteiger partial charge in [-0.15, -0.1) is 0 Å². The van der Waals surface area contributed by atoms with Gasteiger partial charge in [0.05, 0.1) is 11.7 Å². The Hall–Kier alpha value is -0.620. The lowest BCUT2D eigenvalue weighted by molar-refractivity contribution is 0.0669. The standard InChI is InChI=1S/C12H15IN2O/c1-3-10(14-2)15-7-8-5-4-6-9(13)11(8)12(15)16/h4-6,10,14H,3,7H2,1-2H3/t10-/m1/s1. The molecule has 86 valence electrons. The van der Waals surface area contributed by atoms with Crippen molar-refractivity contribution in [1.29, 1.82) is 0 Å². The van der Waals surface area contributed by atoms with Crippen molar-refractivity contribution in [3.8, 4) is 0 Å². The summed E-state index contributed by atoms with van der Waals surface area (Å²) in [5.74, 6) is 0.154. The quantitative estimate of drug-likeness (QED) is 0.862. The van der Waals surface area contributed by atoms with Crippen molar-refractivity contribution in [2.75, 3.05) is 7.05 Å². The molecule has 0 spiro atoms. The second-order valence-corrected chi connectivity index (χ2v) is 5.08. The molecule has 2 rings (SSSR count). The molecular formula is C12H15IN2O. The molecule has 1 aliphatic heterocycles. The van der Waals surface area contributed by atoms with Gasteiger partial charge in [0.1, 0.15) is 0 Å². The van der Waals surface area contributed by atoms with E-state index in [9.17, 15) is 4.79 Å². The highest BCUT2D eigenvalue weighted by Gasteiger charge is 2.32. The van der Waals surface area contributed by atoms with E-state index < -0.39 is 0 Å². The minimum atomic E-state index is 0.135. The number of carbonyl (C=O) groups is 1. The van der Waals surface area contributed by atoms with Gasteiger partial charge in [0.15, 0.2) is 0 Å². The summed E-state index contributed by atoms with van der Waals surface area (Å²) in [6, 6.07) is 6.04. The normalized spacial score (nSPS) is 16.4. The van der Waals surface area contributed by atoms with Crippen LogP contribution in [0, 0.1) is 3.57 Å². The molecule has 1 aromatic carbocycles. The van der Waals surface area contributed by atoms with Crippen LogP contribution in [0.25, 0.3) is 0 Å². The fraction of sp³-hybridized carbons (Fsp3) is 0.417. The van der Waals surface area contributed by atoms with Crippen LogP contribution >= 0.6 is 22.6 Å². The van der Waals surface area contributed by atoms with Crippen molar-refractivity contribution in [1.82, 2.24) is 10.2 Å². The summed E-state index contributed by atoms with van der Waals surface area (Å²) in [7, 11) is 1.90. The first-order chi connectivity index (χ1) is 7.69. The molecule has 16 heavy (non-hydrogen) atoms. The Morgan fingerprint density at radius 1 is 1.56 bits per heavy atom. The van der Waals surface area contributed by atoms with Gasteiger partial charge in [-0.2, -0.15) is 0 Å². The second kappa shape index (κ2) is 4.71.